The Balaban J connectivity index is 3.12. The first kappa shape index (κ1) is 16.8. The van der Waals surface area contributed by atoms with Crippen molar-refractivity contribution in [3.05, 3.63) is 33.9 Å². The lowest BCUT2D eigenvalue weighted by molar-refractivity contribution is -0.384. The molecule has 8 heteroatoms. The molecule has 1 N–H and O–H groups in total. The molecule has 0 unspecified atom stereocenters. The molecule has 1 aromatic carbocycles. The second kappa shape index (κ2) is 7.51. The van der Waals surface area contributed by atoms with Crippen LogP contribution in [0.1, 0.15) is 23.7 Å². The molecule has 116 valence electrons. The van der Waals surface area contributed by atoms with Crippen LogP contribution in [0.15, 0.2) is 18.2 Å². The SMILES string of the molecule is CCCNc1ccc([N+](=O)[O-])cc1C(=O)N(C)CC(F)F. The zero-order valence-electron chi connectivity index (χ0n) is 11.8. The van der Waals surface area contributed by atoms with Crippen LogP contribution < -0.4 is 5.32 Å². The van der Waals surface area contributed by atoms with Crippen molar-refractivity contribution in [2.45, 2.75) is 19.8 Å². The normalized spacial score (nSPS) is 10.5. The summed E-state index contributed by atoms with van der Waals surface area (Å²) in [5.74, 6) is -0.683. The third kappa shape index (κ3) is 4.66. The van der Waals surface area contributed by atoms with Crippen molar-refractivity contribution in [3.8, 4) is 0 Å². The van der Waals surface area contributed by atoms with E-state index >= 15 is 0 Å². The van der Waals surface area contributed by atoms with Gasteiger partial charge < -0.3 is 10.2 Å². The second-order valence-corrected chi connectivity index (χ2v) is 4.49. The highest BCUT2D eigenvalue weighted by atomic mass is 19.3. The van der Waals surface area contributed by atoms with Gasteiger partial charge in [-0.2, -0.15) is 0 Å². The van der Waals surface area contributed by atoms with Gasteiger partial charge in [-0.3, -0.25) is 14.9 Å². The Morgan fingerprint density at radius 2 is 2.14 bits per heavy atom. The van der Waals surface area contributed by atoms with Gasteiger partial charge >= 0.3 is 0 Å². The minimum absolute atomic E-state index is 0.0146. The van der Waals surface area contributed by atoms with Crippen LogP contribution in [0.3, 0.4) is 0 Å². The predicted molar refractivity (Wildman–Crippen MR) is 74.8 cm³/mol. The molecule has 0 saturated carbocycles. The first-order valence-corrected chi connectivity index (χ1v) is 6.42. The smallest absolute Gasteiger partial charge is 0.270 e. The molecule has 0 fully saturated rings. The fourth-order valence-corrected chi connectivity index (χ4v) is 1.73. The molecule has 21 heavy (non-hydrogen) atoms. The molecule has 0 spiro atoms. The van der Waals surface area contributed by atoms with E-state index in [-0.39, 0.29) is 11.3 Å². The van der Waals surface area contributed by atoms with Crippen molar-refractivity contribution >= 4 is 17.3 Å². The number of carbonyl (C=O) groups excluding carboxylic acids is 1. The Hall–Kier alpha value is -2.25. The molecular weight excluding hydrogens is 284 g/mol. The molecule has 1 rings (SSSR count). The lowest BCUT2D eigenvalue weighted by atomic mass is 10.1. The number of hydrogen-bond acceptors (Lipinski definition) is 4. The monoisotopic (exact) mass is 301 g/mol. The van der Waals surface area contributed by atoms with Crippen molar-refractivity contribution in [2.75, 3.05) is 25.5 Å². The molecule has 6 nitrogen and oxygen atoms in total. The number of nitrogens with zero attached hydrogens (tertiary/aromatic N) is 2. The van der Waals surface area contributed by atoms with Gasteiger partial charge in [0, 0.05) is 31.4 Å². The number of benzene rings is 1. The zero-order chi connectivity index (χ0) is 16.0. The van der Waals surface area contributed by atoms with E-state index in [0.29, 0.717) is 12.2 Å². The van der Waals surface area contributed by atoms with E-state index in [2.05, 4.69) is 5.32 Å². The van der Waals surface area contributed by atoms with E-state index in [1.165, 1.54) is 19.2 Å². The van der Waals surface area contributed by atoms with Gasteiger partial charge in [0.05, 0.1) is 17.0 Å². The Morgan fingerprint density at radius 3 is 2.67 bits per heavy atom. The summed E-state index contributed by atoms with van der Waals surface area (Å²) in [6.07, 6.45) is -1.87. The first-order valence-electron chi connectivity index (χ1n) is 6.42. The van der Waals surface area contributed by atoms with Gasteiger partial charge in [-0.1, -0.05) is 6.92 Å². The van der Waals surface area contributed by atoms with Gasteiger partial charge in [0.25, 0.3) is 18.0 Å². The lowest BCUT2D eigenvalue weighted by Crippen LogP contribution is -2.31. The Kier molecular flexibility index (Phi) is 6.01. The number of anilines is 1. The average molecular weight is 301 g/mol. The summed E-state index contributed by atoms with van der Waals surface area (Å²) in [6.45, 7) is 1.76. The number of alkyl halides is 2. The van der Waals surface area contributed by atoms with Gasteiger partial charge in [-0.25, -0.2) is 8.78 Å². The Bertz CT molecular complexity index is 523. The molecular formula is C13H17F2N3O3. The number of nitro benzene ring substituents is 1. The van der Waals surface area contributed by atoms with E-state index in [4.69, 9.17) is 0 Å². The Morgan fingerprint density at radius 1 is 1.48 bits per heavy atom. The van der Waals surface area contributed by atoms with Crippen molar-refractivity contribution < 1.29 is 18.5 Å². The minimum Gasteiger partial charge on any atom is -0.384 e. The highest BCUT2D eigenvalue weighted by molar-refractivity contribution is 6.00. The molecule has 0 atom stereocenters. The minimum atomic E-state index is -2.66. The van der Waals surface area contributed by atoms with Crippen LogP contribution in [0.5, 0.6) is 0 Å². The third-order valence-corrected chi connectivity index (χ3v) is 2.77. The molecule has 0 saturated heterocycles. The molecule has 0 aliphatic heterocycles. The topological polar surface area (TPSA) is 75.5 Å². The molecule has 1 aromatic rings. The fraction of sp³-hybridized carbons (Fsp3) is 0.462. The number of halogens is 2. The van der Waals surface area contributed by atoms with Gasteiger partial charge in [-0.15, -0.1) is 0 Å². The molecule has 0 heterocycles. The van der Waals surface area contributed by atoms with E-state index < -0.39 is 23.8 Å². The summed E-state index contributed by atoms with van der Waals surface area (Å²) < 4.78 is 24.7. The van der Waals surface area contributed by atoms with Crippen LogP contribution in [0.25, 0.3) is 0 Å². The lowest BCUT2D eigenvalue weighted by Gasteiger charge is -2.19. The summed E-state index contributed by atoms with van der Waals surface area (Å²) in [4.78, 5) is 23.2. The largest absolute Gasteiger partial charge is 0.384 e. The number of rotatable bonds is 7. The summed E-state index contributed by atoms with van der Waals surface area (Å²) in [7, 11) is 1.23. The standard InChI is InChI=1S/C13H17F2N3O3/c1-3-6-16-11-5-4-9(18(20)21)7-10(11)13(19)17(2)8-12(14)15/h4-5,7,12,16H,3,6,8H2,1-2H3. The number of non-ortho nitro benzene ring substituents is 1. The summed E-state index contributed by atoms with van der Waals surface area (Å²) in [5, 5.41) is 13.7. The second-order valence-electron chi connectivity index (χ2n) is 4.49. The summed E-state index contributed by atoms with van der Waals surface area (Å²) in [5.41, 5.74) is 0.153. The van der Waals surface area contributed by atoms with E-state index in [9.17, 15) is 23.7 Å². The highest BCUT2D eigenvalue weighted by Gasteiger charge is 2.21. The van der Waals surface area contributed by atoms with Crippen molar-refractivity contribution in [2.24, 2.45) is 0 Å². The molecule has 0 radical (unpaired) electrons. The summed E-state index contributed by atoms with van der Waals surface area (Å²) >= 11 is 0. The first-order chi connectivity index (χ1) is 9.86. The van der Waals surface area contributed by atoms with E-state index in [1.54, 1.807) is 0 Å². The summed E-state index contributed by atoms with van der Waals surface area (Å²) in [6, 6.07) is 3.78. The fourth-order valence-electron chi connectivity index (χ4n) is 1.73. The van der Waals surface area contributed by atoms with E-state index in [0.717, 1.165) is 17.4 Å². The van der Waals surface area contributed by atoms with Gasteiger partial charge in [-0.05, 0) is 12.5 Å². The molecule has 0 aliphatic carbocycles. The van der Waals surface area contributed by atoms with Crippen LogP contribution in [-0.4, -0.2) is 42.3 Å². The van der Waals surface area contributed by atoms with Crippen molar-refractivity contribution in [1.29, 1.82) is 0 Å². The average Bonchev–Trinajstić information content (AvgIpc) is 2.43. The van der Waals surface area contributed by atoms with Gasteiger partial charge in [0.1, 0.15) is 0 Å². The maximum Gasteiger partial charge on any atom is 0.270 e. The molecule has 1 amide bonds. The highest BCUT2D eigenvalue weighted by Crippen LogP contribution is 2.23. The predicted octanol–water partition coefficient (Wildman–Crippen LogP) is 2.75. The Labute approximate surface area is 120 Å². The molecule has 0 aliphatic rings. The van der Waals surface area contributed by atoms with Gasteiger partial charge in [0.15, 0.2) is 0 Å². The number of carbonyl (C=O) groups is 1. The number of amides is 1. The van der Waals surface area contributed by atoms with Crippen LogP contribution in [-0.2, 0) is 0 Å². The van der Waals surface area contributed by atoms with Crippen molar-refractivity contribution in [1.82, 2.24) is 4.90 Å². The number of nitro groups is 1. The van der Waals surface area contributed by atoms with Gasteiger partial charge in [0.2, 0.25) is 0 Å². The zero-order valence-corrected chi connectivity index (χ0v) is 11.8. The molecule has 0 bridgehead atoms. The molecule has 0 aromatic heterocycles. The third-order valence-electron chi connectivity index (χ3n) is 2.77. The number of nitrogens with one attached hydrogen (secondary N) is 1. The maximum absolute atomic E-state index is 12.4. The van der Waals surface area contributed by atoms with Crippen LogP contribution >= 0.6 is 0 Å². The maximum atomic E-state index is 12.4. The van der Waals surface area contributed by atoms with E-state index in [1.807, 2.05) is 6.92 Å². The van der Waals surface area contributed by atoms with Crippen LogP contribution in [0, 0.1) is 10.1 Å². The van der Waals surface area contributed by atoms with Crippen LogP contribution in [0.2, 0.25) is 0 Å². The number of hydrogen-bond donors (Lipinski definition) is 1. The van der Waals surface area contributed by atoms with Crippen molar-refractivity contribution in [3.63, 3.8) is 0 Å². The quantitative estimate of drug-likeness (QED) is 0.620. The van der Waals surface area contributed by atoms with Crippen LogP contribution in [0.4, 0.5) is 20.2 Å².